The van der Waals surface area contributed by atoms with Crippen LogP contribution in [0.25, 0.3) is 0 Å². The first kappa shape index (κ1) is 13.4. The summed E-state index contributed by atoms with van der Waals surface area (Å²) in [5.41, 5.74) is 4.90. The number of nitrogens with one attached hydrogen (secondary N) is 1. The molecule has 0 radical (unpaired) electrons. The Morgan fingerprint density at radius 3 is 2.65 bits per heavy atom. The molecule has 0 unspecified atom stereocenters. The van der Waals surface area contributed by atoms with Gasteiger partial charge in [0.1, 0.15) is 11.6 Å². The average molecular weight is 240 g/mol. The summed E-state index contributed by atoms with van der Waals surface area (Å²) in [5.74, 6) is -0.729. The topological polar surface area (TPSA) is 64.3 Å². The molecule has 17 heavy (non-hydrogen) atoms. The largest absolute Gasteiger partial charge is 0.497 e. The molecular formula is C12H17FN2O2. The first-order valence-corrected chi connectivity index (χ1v) is 5.26. The van der Waals surface area contributed by atoms with Crippen LogP contribution in [0, 0.1) is 5.82 Å². The van der Waals surface area contributed by atoms with Crippen molar-refractivity contribution in [3.05, 3.63) is 29.6 Å². The van der Waals surface area contributed by atoms with Crippen LogP contribution < -0.4 is 15.8 Å². The molecule has 1 aromatic rings. The van der Waals surface area contributed by atoms with E-state index in [0.717, 1.165) is 0 Å². The molecule has 0 aliphatic rings. The van der Waals surface area contributed by atoms with Gasteiger partial charge < -0.3 is 15.8 Å². The molecule has 0 saturated heterocycles. The van der Waals surface area contributed by atoms with E-state index >= 15 is 0 Å². The van der Waals surface area contributed by atoms with Gasteiger partial charge in [0, 0.05) is 18.2 Å². The minimum Gasteiger partial charge on any atom is -0.497 e. The van der Waals surface area contributed by atoms with E-state index in [1.807, 2.05) is 0 Å². The molecule has 1 aromatic carbocycles. The number of halogens is 1. The van der Waals surface area contributed by atoms with E-state index in [-0.39, 0.29) is 12.1 Å². The highest BCUT2D eigenvalue weighted by Crippen LogP contribution is 2.16. The summed E-state index contributed by atoms with van der Waals surface area (Å²) in [4.78, 5) is 11.8. The SMILES string of the molecule is COc1ccc(C(=O)NC(C)(C)CN)c(F)c1. The molecule has 0 heterocycles. The molecule has 1 rings (SSSR count). The number of ether oxygens (including phenoxy) is 1. The summed E-state index contributed by atoms with van der Waals surface area (Å²) in [6.45, 7) is 3.81. The molecule has 94 valence electrons. The van der Waals surface area contributed by atoms with Crippen LogP contribution in [0.3, 0.4) is 0 Å². The third-order valence-electron chi connectivity index (χ3n) is 2.38. The molecule has 4 nitrogen and oxygen atoms in total. The molecule has 0 atom stereocenters. The molecule has 0 aliphatic carbocycles. The summed E-state index contributed by atoms with van der Waals surface area (Å²) >= 11 is 0. The van der Waals surface area contributed by atoms with Crippen LogP contribution in [0.15, 0.2) is 18.2 Å². The van der Waals surface area contributed by atoms with Crippen molar-refractivity contribution in [3.63, 3.8) is 0 Å². The number of hydrogen-bond donors (Lipinski definition) is 2. The Kier molecular flexibility index (Phi) is 4.07. The molecule has 0 fully saturated rings. The van der Waals surface area contributed by atoms with Crippen LogP contribution in [0.4, 0.5) is 4.39 Å². The second-order valence-electron chi connectivity index (χ2n) is 4.39. The number of carbonyl (C=O) groups excluding carboxylic acids is 1. The first-order valence-electron chi connectivity index (χ1n) is 5.26. The lowest BCUT2D eigenvalue weighted by molar-refractivity contribution is 0.0911. The van der Waals surface area contributed by atoms with Crippen molar-refractivity contribution in [2.45, 2.75) is 19.4 Å². The third-order valence-corrected chi connectivity index (χ3v) is 2.38. The van der Waals surface area contributed by atoms with E-state index in [1.165, 1.54) is 25.3 Å². The van der Waals surface area contributed by atoms with Crippen molar-refractivity contribution in [1.82, 2.24) is 5.32 Å². The van der Waals surface area contributed by atoms with Crippen LogP contribution in [0.5, 0.6) is 5.75 Å². The van der Waals surface area contributed by atoms with Crippen LogP contribution in [0.1, 0.15) is 24.2 Å². The summed E-state index contributed by atoms with van der Waals surface area (Å²) in [6, 6.07) is 4.09. The fraction of sp³-hybridized carbons (Fsp3) is 0.417. The Hall–Kier alpha value is -1.62. The summed E-state index contributed by atoms with van der Waals surface area (Å²) in [6.07, 6.45) is 0. The van der Waals surface area contributed by atoms with Gasteiger partial charge in [0.2, 0.25) is 0 Å². The minimum absolute atomic E-state index is 0.0210. The van der Waals surface area contributed by atoms with Gasteiger partial charge in [0.25, 0.3) is 5.91 Å². The molecule has 3 N–H and O–H groups in total. The highest BCUT2D eigenvalue weighted by atomic mass is 19.1. The molecule has 1 amide bonds. The van der Waals surface area contributed by atoms with Crippen LogP contribution >= 0.6 is 0 Å². The van der Waals surface area contributed by atoms with Gasteiger partial charge >= 0.3 is 0 Å². The normalized spacial score (nSPS) is 11.1. The number of nitrogens with two attached hydrogens (primary N) is 1. The van der Waals surface area contributed by atoms with Gasteiger partial charge in [-0.1, -0.05) is 0 Å². The Morgan fingerprint density at radius 1 is 1.53 bits per heavy atom. The van der Waals surface area contributed by atoms with Gasteiger partial charge in [-0.2, -0.15) is 0 Å². The quantitative estimate of drug-likeness (QED) is 0.833. The van der Waals surface area contributed by atoms with Crippen LogP contribution in [-0.4, -0.2) is 25.1 Å². The van der Waals surface area contributed by atoms with E-state index in [4.69, 9.17) is 10.5 Å². The Bertz CT molecular complexity index is 419. The zero-order chi connectivity index (χ0) is 13.1. The average Bonchev–Trinajstić information content (AvgIpc) is 2.28. The fourth-order valence-electron chi connectivity index (χ4n) is 1.23. The predicted molar refractivity (Wildman–Crippen MR) is 63.6 cm³/mol. The third kappa shape index (κ3) is 3.42. The minimum atomic E-state index is -0.616. The summed E-state index contributed by atoms with van der Waals surface area (Å²) in [7, 11) is 1.44. The Morgan fingerprint density at radius 2 is 2.18 bits per heavy atom. The molecule has 0 aromatic heterocycles. The van der Waals surface area contributed by atoms with Gasteiger partial charge in [-0.05, 0) is 26.0 Å². The van der Waals surface area contributed by atoms with Crippen molar-refractivity contribution in [3.8, 4) is 5.75 Å². The number of carbonyl (C=O) groups is 1. The van der Waals surface area contributed by atoms with Gasteiger partial charge in [-0.15, -0.1) is 0 Å². The second kappa shape index (κ2) is 5.14. The van der Waals surface area contributed by atoms with E-state index in [1.54, 1.807) is 13.8 Å². The van der Waals surface area contributed by atoms with Crippen LogP contribution in [0.2, 0.25) is 0 Å². The molecule has 0 saturated carbocycles. The summed E-state index contributed by atoms with van der Waals surface area (Å²) in [5, 5.41) is 2.66. The van der Waals surface area contributed by atoms with Crippen LogP contribution in [-0.2, 0) is 0 Å². The zero-order valence-electron chi connectivity index (χ0n) is 10.2. The molecular weight excluding hydrogens is 223 g/mol. The van der Waals surface area contributed by atoms with Crippen molar-refractivity contribution >= 4 is 5.91 Å². The van der Waals surface area contributed by atoms with E-state index in [9.17, 15) is 9.18 Å². The van der Waals surface area contributed by atoms with Gasteiger partial charge in [-0.3, -0.25) is 4.79 Å². The first-order chi connectivity index (χ1) is 7.89. The van der Waals surface area contributed by atoms with Crippen molar-refractivity contribution in [2.75, 3.05) is 13.7 Å². The van der Waals surface area contributed by atoms with Gasteiger partial charge in [0.05, 0.1) is 12.7 Å². The lowest BCUT2D eigenvalue weighted by Gasteiger charge is -2.24. The van der Waals surface area contributed by atoms with Crippen molar-refractivity contribution < 1.29 is 13.9 Å². The molecule has 0 aliphatic heterocycles. The highest BCUT2D eigenvalue weighted by molar-refractivity contribution is 5.95. The van der Waals surface area contributed by atoms with E-state index in [2.05, 4.69) is 5.32 Å². The van der Waals surface area contributed by atoms with Gasteiger partial charge in [0.15, 0.2) is 0 Å². The molecule has 0 bridgehead atoms. The number of hydrogen-bond acceptors (Lipinski definition) is 3. The Balaban J connectivity index is 2.90. The number of methoxy groups -OCH3 is 1. The monoisotopic (exact) mass is 240 g/mol. The number of rotatable bonds is 4. The zero-order valence-corrected chi connectivity index (χ0v) is 10.2. The fourth-order valence-corrected chi connectivity index (χ4v) is 1.23. The van der Waals surface area contributed by atoms with E-state index < -0.39 is 17.3 Å². The van der Waals surface area contributed by atoms with Crippen molar-refractivity contribution in [2.24, 2.45) is 5.73 Å². The second-order valence-corrected chi connectivity index (χ2v) is 4.39. The van der Waals surface area contributed by atoms with Gasteiger partial charge in [-0.25, -0.2) is 4.39 Å². The maximum absolute atomic E-state index is 13.6. The Labute approximate surface area is 100.0 Å². The lowest BCUT2D eigenvalue weighted by atomic mass is 10.0. The van der Waals surface area contributed by atoms with E-state index in [0.29, 0.717) is 5.75 Å². The number of amides is 1. The van der Waals surface area contributed by atoms with Crippen molar-refractivity contribution in [1.29, 1.82) is 0 Å². The standard InChI is InChI=1S/C12H17FN2O2/c1-12(2,7-14)15-11(16)9-5-4-8(17-3)6-10(9)13/h4-6H,7,14H2,1-3H3,(H,15,16). The number of benzene rings is 1. The maximum atomic E-state index is 13.6. The highest BCUT2D eigenvalue weighted by Gasteiger charge is 2.21. The lowest BCUT2D eigenvalue weighted by Crippen LogP contribution is -2.49. The predicted octanol–water partition coefficient (Wildman–Crippen LogP) is 1.30. The smallest absolute Gasteiger partial charge is 0.254 e. The molecule has 0 spiro atoms. The maximum Gasteiger partial charge on any atom is 0.254 e. The summed E-state index contributed by atoms with van der Waals surface area (Å²) < 4.78 is 18.5. The molecule has 5 heteroatoms.